The fraction of sp³-hybridized carbons (Fsp3) is 0.632. The summed E-state index contributed by atoms with van der Waals surface area (Å²) in [7, 11) is 0. The molecule has 1 aliphatic carbocycles. The Balaban J connectivity index is 1.32. The summed E-state index contributed by atoms with van der Waals surface area (Å²) >= 11 is 0. The van der Waals surface area contributed by atoms with Crippen LogP contribution in [-0.4, -0.2) is 43.2 Å². The summed E-state index contributed by atoms with van der Waals surface area (Å²) in [4.78, 5) is 14.7. The van der Waals surface area contributed by atoms with Crippen LogP contribution in [0.4, 0.5) is 5.69 Å². The lowest BCUT2D eigenvalue weighted by atomic mass is 9.79. The van der Waals surface area contributed by atoms with Crippen LogP contribution in [0.25, 0.3) is 0 Å². The van der Waals surface area contributed by atoms with Gasteiger partial charge >= 0.3 is 0 Å². The van der Waals surface area contributed by atoms with Crippen LogP contribution in [0.15, 0.2) is 18.2 Å². The lowest BCUT2D eigenvalue weighted by molar-refractivity contribution is -0.121. The van der Waals surface area contributed by atoms with E-state index in [-0.39, 0.29) is 5.91 Å². The number of rotatable bonds is 3. The maximum absolute atomic E-state index is 12.4. The highest BCUT2D eigenvalue weighted by molar-refractivity contribution is 5.92. The van der Waals surface area contributed by atoms with E-state index in [1.54, 1.807) is 0 Å². The molecule has 0 unspecified atom stereocenters. The Morgan fingerprint density at radius 2 is 1.88 bits per heavy atom. The van der Waals surface area contributed by atoms with Crippen LogP contribution in [0.2, 0.25) is 0 Å². The third-order valence-corrected chi connectivity index (χ3v) is 5.48. The van der Waals surface area contributed by atoms with Crippen LogP contribution >= 0.6 is 0 Å². The van der Waals surface area contributed by atoms with Gasteiger partial charge in [0, 0.05) is 24.3 Å². The average Bonchev–Trinajstić information content (AvgIpc) is 2.57. The number of carbonyl (C=O) groups is 1. The summed E-state index contributed by atoms with van der Waals surface area (Å²) < 4.78 is 11.1. The van der Waals surface area contributed by atoms with Crippen LogP contribution in [0, 0.1) is 5.92 Å². The Morgan fingerprint density at radius 3 is 2.75 bits per heavy atom. The van der Waals surface area contributed by atoms with Gasteiger partial charge in [0.25, 0.3) is 0 Å². The molecule has 1 N–H and O–H groups in total. The van der Waals surface area contributed by atoms with Crippen molar-refractivity contribution >= 4 is 11.6 Å². The molecule has 0 spiro atoms. The first-order valence-electron chi connectivity index (χ1n) is 9.23. The van der Waals surface area contributed by atoms with Crippen molar-refractivity contribution in [2.75, 3.05) is 31.6 Å². The minimum atomic E-state index is 0.0622. The highest BCUT2D eigenvalue weighted by Gasteiger charge is 2.38. The third-order valence-electron chi connectivity index (χ3n) is 5.48. The standard InChI is InChI=1S/C19H26N2O3/c22-19(13-21-12-14-5-3-1-2-4-6-16(14)21)20-15-7-8-17-18(11-15)24-10-9-23-17/h7-8,11,14,16H,1-6,9-10,12-13H2,(H,20,22)/t14-,16+/m0/s1. The van der Waals surface area contributed by atoms with Crippen molar-refractivity contribution in [3.63, 3.8) is 0 Å². The van der Waals surface area contributed by atoms with Crippen molar-refractivity contribution in [3.05, 3.63) is 18.2 Å². The van der Waals surface area contributed by atoms with Gasteiger partial charge in [-0.2, -0.15) is 0 Å². The molecule has 1 aromatic carbocycles. The Labute approximate surface area is 143 Å². The van der Waals surface area contributed by atoms with Gasteiger partial charge in [0.05, 0.1) is 6.54 Å². The zero-order valence-electron chi connectivity index (χ0n) is 14.1. The highest BCUT2D eigenvalue weighted by Crippen LogP contribution is 2.35. The molecule has 0 bridgehead atoms. The molecule has 3 aliphatic rings. The number of anilines is 1. The van der Waals surface area contributed by atoms with Gasteiger partial charge in [-0.25, -0.2) is 0 Å². The molecule has 24 heavy (non-hydrogen) atoms. The SMILES string of the molecule is O=C(CN1C[C@@H]2CCCCCC[C@H]21)Nc1ccc2c(c1)OCCO2. The van der Waals surface area contributed by atoms with Gasteiger partial charge in [-0.3, -0.25) is 9.69 Å². The van der Waals surface area contributed by atoms with Crippen molar-refractivity contribution in [2.24, 2.45) is 5.92 Å². The summed E-state index contributed by atoms with van der Waals surface area (Å²) in [6, 6.07) is 6.20. The van der Waals surface area contributed by atoms with Crippen LogP contribution < -0.4 is 14.8 Å². The number of carbonyl (C=O) groups excluding carboxylic acids is 1. The minimum absolute atomic E-state index is 0.0622. The van der Waals surface area contributed by atoms with Crippen molar-refractivity contribution in [1.29, 1.82) is 0 Å². The van der Waals surface area contributed by atoms with Gasteiger partial charge < -0.3 is 14.8 Å². The molecule has 2 atom stereocenters. The molecule has 2 fully saturated rings. The second-order valence-corrected chi connectivity index (χ2v) is 7.16. The third kappa shape index (κ3) is 3.36. The summed E-state index contributed by atoms with van der Waals surface area (Å²) in [5.41, 5.74) is 0.777. The second kappa shape index (κ2) is 7.01. The van der Waals surface area contributed by atoms with E-state index < -0.39 is 0 Å². The molecule has 4 rings (SSSR count). The molecule has 2 aliphatic heterocycles. The fourth-order valence-corrected chi connectivity index (χ4v) is 4.22. The lowest BCUT2D eigenvalue weighted by Crippen LogP contribution is -2.58. The summed E-state index contributed by atoms with van der Waals surface area (Å²) in [5, 5.41) is 3.00. The molecule has 0 aromatic heterocycles. The van der Waals surface area contributed by atoms with Crippen LogP contribution in [0.3, 0.4) is 0 Å². The molecule has 1 saturated heterocycles. The molecule has 130 valence electrons. The van der Waals surface area contributed by atoms with E-state index in [2.05, 4.69) is 10.2 Å². The number of likely N-dealkylation sites (tertiary alicyclic amines) is 1. The number of hydrogen-bond acceptors (Lipinski definition) is 4. The van der Waals surface area contributed by atoms with Crippen molar-refractivity contribution in [3.8, 4) is 11.5 Å². The average molecular weight is 330 g/mol. The van der Waals surface area contributed by atoms with Gasteiger partial charge in [0.2, 0.25) is 5.91 Å². The van der Waals surface area contributed by atoms with Gasteiger partial charge in [-0.15, -0.1) is 0 Å². The number of nitrogens with one attached hydrogen (secondary N) is 1. The van der Waals surface area contributed by atoms with Crippen LogP contribution in [0.5, 0.6) is 11.5 Å². The molecule has 5 nitrogen and oxygen atoms in total. The van der Waals surface area contributed by atoms with Crippen LogP contribution in [-0.2, 0) is 4.79 Å². The first-order chi connectivity index (χ1) is 11.8. The largest absolute Gasteiger partial charge is 0.486 e. The van der Waals surface area contributed by atoms with Crippen LogP contribution in [0.1, 0.15) is 38.5 Å². The molecular weight excluding hydrogens is 304 g/mol. The van der Waals surface area contributed by atoms with E-state index in [0.29, 0.717) is 31.5 Å². The molecule has 1 amide bonds. The van der Waals surface area contributed by atoms with Gasteiger partial charge in [-0.1, -0.05) is 25.7 Å². The Bertz CT molecular complexity index is 604. The molecule has 1 saturated carbocycles. The predicted molar refractivity (Wildman–Crippen MR) is 92.6 cm³/mol. The Hall–Kier alpha value is -1.75. The van der Waals surface area contributed by atoms with E-state index in [9.17, 15) is 4.79 Å². The zero-order chi connectivity index (χ0) is 16.4. The fourth-order valence-electron chi connectivity index (χ4n) is 4.22. The summed E-state index contributed by atoms with van der Waals surface area (Å²) in [6.45, 7) is 2.71. The van der Waals surface area contributed by atoms with Gasteiger partial charge in [0.1, 0.15) is 13.2 Å². The second-order valence-electron chi connectivity index (χ2n) is 7.16. The minimum Gasteiger partial charge on any atom is -0.486 e. The number of fused-ring (bicyclic) bond motifs is 2. The zero-order valence-corrected chi connectivity index (χ0v) is 14.1. The van der Waals surface area contributed by atoms with Gasteiger partial charge in [0.15, 0.2) is 11.5 Å². The summed E-state index contributed by atoms with van der Waals surface area (Å²) in [6.07, 6.45) is 7.99. The van der Waals surface area contributed by atoms with E-state index in [1.807, 2.05) is 18.2 Å². The van der Waals surface area contributed by atoms with Gasteiger partial charge in [-0.05, 0) is 30.9 Å². The molecule has 0 radical (unpaired) electrons. The van der Waals surface area contributed by atoms with E-state index >= 15 is 0 Å². The molecule has 5 heteroatoms. The monoisotopic (exact) mass is 330 g/mol. The number of nitrogens with zero attached hydrogens (tertiary/aromatic N) is 1. The summed E-state index contributed by atoms with van der Waals surface area (Å²) in [5.74, 6) is 2.34. The van der Waals surface area contributed by atoms with E-state index in [1.165, 1.54) is 38.5 Å². The molecular formula is C19H26N2O3. The number of ether oxygens (including phenoxy) is 2. The maximum atomic E-state index is 12.4. The first kappa shape index (κ1) is 15.8. The highest BCUT2D eigenvalue weighted by atomic mass is 16.6. The Kier molecular flexibility index (Phi) is 4.60. The number of benzene rings is 1. The van der Waals surface area contributed by atoms with E-state index in [4.69, 9.17) is 9.47 Å². The van der Waals surface area contributed by atoms with Crippen molar-refractivity contribution < 1.29 is 14.3 Å². The quantitative estimate of drug-likeness (QED) is 0.925. The number of amides is 1. The smallest absolute Gasteiger partial charge is 0.238 e. The number of hydrogen-bond donors (Lipinski definition) is 1. The topological polar surface area (TPSA) is 50.8 Å². The van der Waals surface area contributed by atoms with E-state index in [0.717, 1.165) is 23.9 Å². The van der Waals surface area contributed by atoms with Crippen molar-refractivity contribution in [2.45, 2.75) is 44.6 Å². The molecule has 1 aromatic rings. The predicted octanol–water partition coefficient (Wildman–Crippen LogP) is 3.05. The lowest BCUT2D eigenvalue weighted by Gasteiger charge is -2.49. The normalized spacial score (nSPS) is 26.5. The van der Waals surface area contributed by atoms with Crippen molar-refractivity contribution in [1.82, 2.24) is 4.90 Å². The first-order valence-corrected chi connectivity index (χ1v) is 9.23. The Morgan fingerprint density at radius 1 is 1.08 bits per heavy atom. The molecule has 2 heterocycles. The maximum Gasteiger partial charge on any atom is 0.238 e.